The predicted octanol–water partition coefficient (Wildman–Crippen LogP) is 4.02. The minimum Gasteiger partial charge on any atom is -0.326 e. The average Bonchev–Trinajstić information content (AvgIpc) is 2.58. The van der Waals surface area contributed by atoms with E-state index in [-0.39, 0.29) is 11.5 Å². The Morgan fingerprint density at radius 3 is 2.64 bits per heavy atom. The minimum absolute atomic E-state index is 0.00815. The molecule has 1 amide bonds. The van der Waals surface area contributed by atoms with Gasteiger partial charge in [-0.05, 0) is 67.5 Å². The Hall–Kier alpha value is -2.88. The van der Waals surface area contributed by atoms with Crippen molar-refractivity contribution >= 4 is 22.5 Å². The molecule has 3 aromatic rings. The van der Waals surface area contributed by atoms with Crippen LogP contribution >= 0.6 is 0 Å². The van der Waals surface area contributed by atoms with Gasteiger partial charge in [-0.2, -0.15) is 0 Å². The molecule has 25 heavy (non-hydrogen) atoms. The maximum absolute atomic E-state index is 12.2. The van der Waals surface area contributed by atoms with Crippen LogP contribution in [0.25, 0.3) is 10.9 Å². The van der Waals surface area contributed by atoms with Gasteiger partial charge in [-0.1, -0.05) is 24.3 Å². The summed E-state index contributed by atoms with van der Waals surface area (Å²) in [5.41, 5.74) is 5.58. The molecular weight excluding hydrogens is 312 g/mol. The first-order chi connectivity index (χ1) is 11.9. The molecule has 0 fully saturated rings. The second kappa shape index (κ2) is 6.93. The lowest BCUT2D eigenvalue weighted by Gasteiger charge is -2.10. The van der Waals surface area contributed by atoms with Crippen molar-refractivity contribution in [3.8, 4) is 0 Å². The number of carbonyl (C=O) groups is 1. The standard InChI is InChI=1S/C21H22N2O2/c1-13-5-4-6-18(15(13)3)22-20(24)10-8-16-7-9-17-11-14(2)21(25)23-19(17)12-16/h4-7,9,11-12H,8,10H2,1-3H3,(H,22,24)(H,23,25). The molecule has 3 rings (SSSR count). The van der Waals surface area contributed by atoms with Crippen molar-refractivity contribution in [3.05, 3.63) is 75.1 Å². The van der Waals surface area contributed by atoms with E-state index >= 15 is 0 Å². The van der Waals surface area contributed by atoms with E-state index in [2.05, 4.69) is 10.3 Å². The molecule has 2 aromatic carbocycles. The summed E-state index contributed by atoms with van der Waals surface area (Å²) in [4.78, 5) is 26.9. The number of fused-ring (bicyclic) bond motifs is 1. The number of aryl methyl sites for hydroxylation is 3. The molecule has 1 heterocycles. The third-order valence-corrected chi connectivity index (χ3v) is 4.62. The molecule has 4 nitrogen and oxygen atoms in total. The van der Waals surface area contributed by atoms with Gasteiger partial charge < -0.3 is 10.3 Å². The summed E-state index contributed by atoms with van der Waals surface area (Å²) in [6.45, 7) is 5.83. The number of aromatic amines is 1. The summed E-state index contributed by atoms with van der Waals surface area (Å²) in [7, 11) is 0. The number of anilines is 1. The third-order valence-electron chi connectivity index (χ3n) is 4.62. The fraction of sp³-hybridized carbons (Fsp3) is 0.238. The van der Waals surface area contributed by atoms with Gasteiger partial charge in [-0.25, -0.2) is 0 Å². The van der Waals surface area contributed by atoms with E-state index in [4.69, 9.17) is 0 Å². The molecule has 0 aliphatic heterocycles. The van der Waals surface area contributed by atoms with Gasteiger partial charge in [0.15, 0.2) is 0 Å². The number of pyridine rings is 1. The van der Waals surface area contributed by atoms with Crippen LogP contribution in [0.2, 0.25) is 0 Å². The van der Waals surface area contributed by atoms with Crippen molar-refractivity contribution < 1.29 is 4.79 Å². The fourth-order valence-corrected chi connectivity index (χ4v) is 2.87. The SMILES string of the molecule is Cc1cccc(NC(=O)CCc2ccc3cc(C)c(=O)[nH]c3c2)c1C. The lowest BCUT2D eigenvalue weighted by molar-refractivity contribution is -0.116. The van der Waals surface area contributed by atoms with Crippen LogP contribution in [0.4, 0.5) is 5.69 Å². The normalized spacial score (nSPS) is 10.8. The highest BCUT2D eigenvalue weighted by molar-refractivity contribution is 5.91. The summed E-state index contributed by atoms with van der Waals surface area (Å²) in [5, 5.41) is 3.98. The molecule has 1 aromatic heterocycles. The number of H-pyrrole nitrogens is 1. The molecule has 4 heteroatoms. The maximum atomic E-state index is 12.2. The van der Waals surface area contributed by atoms with Crippen LogP contribution < -0.4 is 10.9 Å². The highest BCUT2D eigenvalue weighted by Crippen LogP contribution is 2.19. The van der Waals surface area contributed by atoms with Gasteiger partial charge in [0.25, 0.3) is 5.56 Å². The molecule has 0 unspecified atom stereocenters. The van der Waals surface area contributed by atoms with Gasteiger partial charge in [0.1, 0.15) is 0 Å². The number of carbonyl (C=O) groups excluding carboxylic acids is 1. The molecule has 2 N–H and O–H groups in total. The van der Waals surface area contributed by atoms with E-state index in [1.165, 1.54) is 0 Å². The van der Waals surface area contributed by atoms with Crippen LogP contribution in [0.3, 0.4) is 0 Å². The number of amides is 1. The molecule has 0 bridgehead atoms. The Balaban J connectivity index is 1.69. The summed E-state index contributed by atoms with van der Waals surface area (Å²) in [6.07, 6.45) is 1.03. The molecule has 0 radical (unpaired) electrons. The second-order valence-electron chi connectivity index (χ2n) is 6.50. The molecule has 0 atom stereocenters. The summed E-state index contributed by atoms with van der Waals surface area (Å²) >= 11 is 0. The van der Waals surface area contributed by atoms with Crippen LogP contribution in [0, 0.1) is 20.8 Å². The van der Waals surface area contributed by atoms with Crippen LogP contribution in [0.15, 0.2) is 47.3 Å². The summed E-state index contributed by atoms with van der Waals surface area (Å²) in [6, 6.07) is 13.7. The fourth-order valence-electron chi connectivity index (χ4n) is 2.87. The summed E-state index contributed by atoms with van der Waals surface area (Å²) in [5.74, 6) is -0.00815. The number of hydrogen-bond donors (Lipinski definition) is 2. The van der Waals surface area contributed by atoms with Crippen molar-refractivity contribution in [1.29, 1.82) is 0 Å². The van der Waals surface area contributed by atoms with Crippen molar-refractivity contribution in [2.45, 2.75) is 33.6 Å². The molecular formula is C21H22N2O2. The lowest BCUT2D eigenvalue weighted by Crippen LogP contribution is -2.13. The smallest absolute Gasteiger partial charge is 0.251 e. The van der Waals surface area contributed by atoms with Crippen molar-refractivity contribution in [3.63, 3.8) is 0 Å². The van der Waals surface area contributed by atoms with Crippen LogP contribution in [0.5, 0.6) is 0 Å². The van der Waals surface area contributed by atoms with E-state index in [0.29, 0.717) is 18.4 Å². The zero-order valence-corrected chi connectivity index (χ0v) is 14.8. The highest BCUT2D eigenvalue weighted by Gasteiger charge is 2.07. The van der Waals surface area contributed by atoms with E-state index in [9.17, 15) is 9.59 Å². The Morgan fingerprint density at radius 2 is 1.84 bits per heavy atom. The van der Waals surface area contributed by atoms with Crippen LogP contribution in [0.1, 0.15) is 28.7 Å². The molecule has 0 saturated heterocycles. The average molecular weight is 334 g/mol. The van der Waals surface area contributed by atoms with Crippen LogP contribution in [-0.2, 0) is 11.2 Å². The number of rotatable bonds is 4. The van der Waals surface area contributed by atoms with Crippen LogP contribution in [-0.4, -0.2) is 10.9 Å². The summed E-state index contributed by atoms with van der Waals surface area (Å²) < 4.78 is 0. The van der Waals surface area contributed by atoms with Crippen molar-refractivity contribution in [1.82, 2.24) is 4.98 Å². The van der Waals surface area contributed by atoms with Gasteiger partial charge in [0.05, 0.1) is 0 Å². The molecule has 128 valence electrons. The Labute approximate surface area is 146 Å². The molecule has 0 aliphatic carbocycles. The largest absolute Gasteiger partial charge is 0.326 e. The van der Waals surface area contributed by atoms with Gasteiger partial charge in [0.2, 0.25) is 5.91 Å². The first-order valence-electron chi connectivity index (χ1n) is 8.42. The monoisotopic (exact) mass is 334 g/mol. The maximum Gasteiger partial charge on any atom is 0.251 e. The van der Waals surface area contributed by atoms with Gasteiger partial charge in [0, 0.05) is 23.2 Å². The predicted molar refractivity (Wildman–Crippen MR) is 102 cm³/mol. The van der Waals surface area contributed by atoms with Gasteiger partial charge in [-0.15, -0.1) is 0 Å². The van der Waals surface area contributed by atoms with Gasteiger partial charge >= 0.3 is 0 Å². The van der Waals surface area contributed by atoms with E-state index in [0.717, 1.165) is 33.3 Å². The van der Waals surface area contributed by atoms with Crippen molar-refractivity contribution in [2.75, 3.05) is 5.32 Å². The minimum atomic E-state index is -0.0719. The third kappa shape index (κ3) is 3.79. The first-order valence-corrected chi connectivity index (χ1v) is 8.42. The Kier molecular flexibility index (Phi) is 4.70. The number of aromatic nitrogens is 1. The zero-order chi connectivity index (χ0) is 18.0. The van der Waals surface area contributed by atoms with E-state index < -0.39 is 0 Å². The second-order valence-corrected chi connectivity index (χ2v) is 6.50. The van der Waals surface area contributed by atoms with Crippen molar-refractivity contribution in [2.24, 2.45) is 0 Å². The van der Waals surface area contributed by atoms with E-state index in [1.54, 1.807) is 6.92 Å². The van der Waals surface area contributed by atoms with Gasteiger partial charge in [-0.3, -0.25) is 9.59 Å². The Bertz CT molecular complexity index is 1000. The number of hydrogen-bond acceptors (Lipinski definition) is 2. The quantitative estimate of drug-likeness (QED) is 0.757. The van der Waals surface area contributed by atoms with E-state index in [1.807, 2.05) is 56.3 Å². The molecule has 0 aliphatic rings. The lowest BCUT2D eigenvalue weighted by atomic mass is 10.1. The molecule has 0 saturated carbocycles. The topological polar surface area (TPSA) is 62.0 Å². The number of nitrogens with one attached hydrogen (secondary N) is 2. The zero-order valence-electron chi connectivity index (χ0n) is 14.8. The molecule has 0 spiro atoms. The highest BCUT2D eigenvalue weighted by atomic mass is 16.1. The first kappa shape index (κ1) is 17.0. The Morgan fingerprint density at radius 1 is 1.04 bits per heavy atom. The number of benzene rings is 2.